The number of aryl methyl sites for hydroxylation is 1. The van der Waals surface area contributed by atoms with Crippen molar-refractivity contribution in [2.45, 2.75) is 39.3 Å². The molecular weight excluding hydrogens is 346 g/mol. The zero-order chi connectivity index (χ0) is 18.1. The molecule has 134 valence electrons. The highest BCUT2D eigenvalue weighted by atomic mass is 32.1. The number of nitrogens with zero attached hydrogens (tertiary/aromatic N) is 2. The van der Waals surface area contributed by atoms with Crippen LogP contribution in [0.2, 0.25) is 0 Å². The number of carbonyl (C=O) groups excluding carboxylic acids is 1. The summed E-state index contributed by atoms with van der Waals surface area (Å²) in [6.45, 7) is 4.59. The van der Waals surface area contributed by atoms with Crippen LogP contribution in [-0.2, 0) is 11.3 Å². The lowest BCUT2D eigenvalue weighted by molar-refractivity contribution is -0.116. The molecule has 1 amide bonds. The summed E-state index contributed by atoms with van der Waals surface area (Å²) in [6, 6.07) is 6.70. The molecule has 1 N–H and O–H groups in total. The van der Waals surface area contributed by atoms with Crippen molar-refractivity contribution in [3.05, 3.63) is 58.6 Å². The zero-order valence-electron chi connectivity index (χ0n) is 14.9. The normalized spacial score (nSPS) is 14.2. The number of carbonyl (C=O) groups is 1. The quantitative estimate of drug-likeness (QED) is 0.653. The second-order valence-electron chi connectivity index (χ2n) is 6.60. The van der Waals surface area contributed by atoms with Crippen LogP contribution < -0.4 is 5.32 Å². The van der Waals surface area contributed by atoms with Gasteiger partial charge in [-0.3, -0.25) is 4.79 Å². The molecule has 3 heterocycles. The van der Waals surface area contributed by atoms with E-state index in [0.717, 1.165) is 10.4 Å². The first-order valence-corrected chi connectivity index (χ1v) is 9.62. The topological polar surface area (TPSA) is 60.1 Å². The second-order valence-corrected chi connectivity index (χ2v) is 7.55. The van der Waals surface area contributed by atoms with Crippen LogP contribution in [0.1, 0.15) is 41.5 Å². The minimum atomic E-state index is -0.137. The second kappa shape index (κ2) is 6.96. The van der Waals surface area contributed by atoms with Crippen LogP contribution in [0, 0.1) is 13.8 Å². The van der Waals surface area contributed by atoms with E-state index in [-0.39, 0.29) is 5.91 Å². The van der Waals surface area contributed by atoms with E-state index >= 15 is 0 Å². The van der Waals surface area contributed by atoms with Crippen LogP contribution in [0.3, 0.4) is 0 Å². The van der Waals surface area contributed by atoms with Gasteiger partial charge < -0.3 is 14.3 Å². The van der Waals surface area contributed by atoms with Crippen LogP contribution in [0.4, 0.5) is 0 Å². The molecule has 1 saturated carbocycles. The lowest BCUT2D eigenvalue weighted by atomic mass is 10.2. The maximum Gasteiger partial charge on any atom is 0.244 e. The van der Waals surface area contributed by atoms with Gasteiger partial charge in [-0.15, -0.1) is 11.3 Å². The van der Waals surface area contributed by atoms with Gasteiger partial charge in [0.2, 0.25) is 11.8 Å². The van der Waals surface area contributed by atoms with E-state index in [9.17, 15) is 4.79 Å². The number of hydrogen-bond acceptors (Lipinski definition) is 4. The lowest BCUT2D eigenvalue weighted by Gasteiger charge is -2.06. The Morgan fingerprint density at radius 3 is 3.04 bits per heavy atom. The summed E-state index contributed by atoms with van der Waals surface area (Å²) >= 11 is 1.57. The fourth-order valence-electron chi connectivity index (χ4n) is 3.17. The van der Waals surface area contributed by atoms with E-state index < -0.39 is 0 Å². The fraction of sp³-hybridized carbons (Fsp3) is 0.300. The van der Waals surface area contributed by atoms with Crippen molar-refractivity contribution in [1.82, 2.24) is 14.9 Å². The Kier molecular flexibility index (Phi) is 4.51. The largest absolute Gasteiger partial charge is 0.443 e. The Morgan fingerprint density at radius 1 is 1.46 bits per heavy atom. The van der Waals surface area contributed by atoms with Crippen LogP contribution in [0.5, 0.6) is 0 Å². The van der Waals surface area contributed by atoms with Crippen molar-refractivity contribution in [1.29, 1.82) is 0 Å². The van der Waals surface area contributed by atoms with Gasteiger partial charge in [0, 0.05) is 23.5 Å². The molecule has 1 aliphatic rings. The number of nitrogens with one attached hydrogen (secondary N) is 1. The van der Waals surface area contributed by atoms with Gasteiger partial charge in [0.15, 0.2) is 0 Å². The van der Waals surface area contributed by atoms with E-state index in [1.165, 1.54) is 24.2 Å². The summed E-state index contributed by atoms with van der Waals surface area (Å²) in [5.41, 5.74) is 4.30. The van der Waals surface area contributed by atoms with E-state index in [0.29, 0.717) is 24.2 Å². The summed E-state index contributed by atoms with van der Waals surface area (Å²) < 4.78 is 7.83. The molecular formula is C20H21N3O2S. The summed E-state index contributed by atoms with van der Waals surface area (Å²) in [5.74, 6) is 0.453. The highest BCUT2D eigenvalue weighted by Crippen LogP contribution is 2.38. The molecule has 26 heavy (non-hydrogen) atoms. The van der Waals surface area contributed by atoms with Crippen molar-refractivity contribution < 1.29 is 9.21 Å². The average Bonchev–Trinajstić information content (AvgIpc) is 3.03. The third-order valence-electron chi connectivity index (χ3n) is 4.58. The molecule has 0 atom stereocenters. The number of thiophene rings is 1. The third kappa shape index (κ3) is 3.51. The number of hydrogen-bond donors (Lipinski definition) is 1. The number of rotatable bonds is 6. The molecule has 0 unspecified atom stereocenters. The molecule has 0 aliphatic heterocycles. The molecule has 1 aliphatic carbocycles. The average molecular weight is 367 g/mol. The number of oxazole rings is 1. The molecule has 0 spiro atoms. The van der Waals surface area contributed by atoms with Gasteiger partial charge >= 0.3 is 0 Å². The van der Waals surface area contributed by atoms with Crippen LogP contribution in [0.25, 0.3) is 16.8 Å². The maximum absolute atomic E-state index is 12.1. The summed E-state index contributed by atoms with van der Waals surface area (Å²) in [4.78, 5) is 17.5. The molecule has 1 fully saturated rings. The molecule has 0 bridgehead atoms. The zero-order valence-corrected chi connectivity index (χ0v) is 15.7. The predicted octanol–water partition coefficient (Wildman–Crippen LogP) is 4.49. The Morgan fingerprint density at radius 2 is 2.31 bits per heavy atom. The van der Waals surface area contributed by atoms with Gasteiger partial charge in [-0.25, -0.2) is 4.98 Å². The number of amides is 1. The van der Waals surface area contributed by atoms with Gasteiger partial charge in [-0.1, -0.05) is 6.07 Å². The van der Waals surface area contributed by atoms with Gasteiger partial charge in [0.1, 0.15) is 6.26 Å². The van der Waals surface area contributed by atoms with Crippen molar-refractivity contribution in [3.63, 3.8) is 0 Å². The van der Waals surface area contributed by atoms with Crippen LogP contribution >= 0.6 is 11.3 Å². The van der Waals surface area contributed by atoms with Crippen LogP contribution in [-0.4, -0.2) is 15.5 Å². The van der Waals surface area contributed by atoms with Crippen molar-refractivity contribution >= 4 is 23.3 Å². The van der Waals surface area contributed by atoms with Crippen LogP contribution in [0.15, 0.2) is 40.3 Å². The SMILES string of the molecule is Cc1cc(/C=C/C(=O)NCc2coc(-c3cccs3)n2)c(C)n1C1CC1. The number of aromatic nitrogens is 2. The lowest BCUT2D eigenvalue weighted by Crippen LogP contribution is -2.20. The molecule has 0 saturated heterocycles. The summed E-state index contributed by atoms with van der Waals surface area (Å²) in [5, 5.41) is 4.83. The Bertz CT molecular complexity index is 946. The summed E-state index contributed by atoms with van der Waals surface area (Å²) in [6.07, 6.45) is 7.56. The Hall–Kier alpha value is -2.60. The smallest absolute Gasteiger partial charge is 0.244 e. The van der Waals surface area contributed by atoms with Gasteiger partial charge in [-0.05, 0) is 55.8 Å². The predicted molar refractivity (Wildman–Crippen MR) is 103 cm³/mol. The first kappa shape index (κ1) is 16.8. The molecule has 0 aromatic carbocycles. The highest BCUT2D eigenvalue weighted by molar-refractivity contribution is 7.13. The monoisotopic (exact) mass is 367 g/mol. The molecule has 4 rings (SSSR count). The Balaban J connectivity index is 1.36. The highest BCUT2D eigenvalue weighted by Gasteiger charge is 2.26. The first-order valence-electron chi connectivity index (χ1n) is 8.74. The van der Waals surface area contributed by atoms with Gasteiger partial charge in [-0.2, -0.15) is 0 Å². The van der Waals surface area contributed by atoms with Crippen molar-refractivity contribution in [2.24, 2.45) is 0 Å². The third-order valence-corrected chi connectivity index (χ3v) is 5.44. The molecule has 0 radical (unpaired) electrons. The molecule has 6 heteroatoms. The first-order chi connectivity index (χ1) is 12.6. The molecule has 3 aromatic rings. The Labute approximate surface area is 156 Å². The molecule has 5 nitrogen and oxygen atoms in total. The minimum Gasteiger partial charge on any atom is -0.443 e. The van der Waals surface area contributed by atoms with E-state index in [4.69, 9.17) is 4.42 Å². The van der Waals surface area contributed by atoms with Crippen molar-refractivity contribution in [2.75, 3.05) is 0 Å². The van der Waals surface area contributed by atoms with Crippen molar-refractivity contribution in [3.8, 4) is 10.8 Å². The van der Waals surface area contributed by atoms with E-state index in [1.54, 1.807) is 23.7 Å². The van der Waals surface area contributed by atoms with E-state index in [1.807, 2.05) is 23.6 Å². The van der Waals surface area contributed by atoms with E-state index in [2.05, 4.69) is 34.8 Å². The van der Waals surface area contributed by atoms with Gasteiger partial charge in [0.05, 0.1) is 17.1 Å². The maximum atomic E-state index is 12.1. The summed E-state index contributed by atoms with van der Waals surface area (Å²) in [7, 11) is 0. The fourth-order valence-corrected chi connectivity index (χ4v) is 3.83. The molecule has 3 aromatic heterocycles. The standard InChI is InChI=1S/C20H21N3O2S/c1-13-10-15(14(2)23(13)17-6-7-17)5-8-19(24)21-11-16-12-25-20(22-16)18-4-3-9-26-18/h3-5,8-10,12,17H,6-7,11H2,1-2H3,(H,21,24)/b8-5+. The van der Waals surface area contributed by atoms with Gasteiger partial charge in [0.25, 0.3) is 0 Å². The minimum absolute atomic E-state index is 0.137.